The van der Waals surface area contributed by atoms with Gasteiger partial charge in [-0.15, -0.1) is 5.10 Å². The Morgan fingerprint density at radius 3 is 2.53 bits per heavy atom. The first-order chi connectivity index (χ1) is 14.8. The number of benzene rings is 1. The van der Waals surface area contributed by atoms with Crippen LogP contribution in [0.1, 0.15) is 29.6 Å². The van der Waals surface area contributed by atoms with Crippen LogP contribution in [-0.4, -0.2) is 69.8 Å². The molecule has 0 spiro atoms. The Hall–Kier alpha value is -3.20. The standard InChI is InChI=1S/C21H25N7O2/c29-20(26-12-14-30-15-13-26)16-4-6-17(7-5-16)23-18-19-22-8-11-28(19)25-21(24-18)27-9-2-1-3-10-27/h4-8,11H,1-3,9-10,12-15H2,(H,23,24,25). The number of imidazole rings is 1. The van der Waals surface area contributed by atoms with Gasteiger partial charge >= 0.3 is 0 Å². The molecule has 0 saturated carbocycles. The van der Waals surface area contributed by atoms with Gasteiger partial charge in [-0.3, -0.25) is 4.79 Å². The molecule has 0 bridgehead atoms. The SMILES string of the molecule is O=C(c1ccc(Nc2nc(N3CCCCC3)nn3ccnc23)cc1)N1CCOCC1. The molecule has 0 atom stereocenters. The number of rotatable bonds is 4. The van der Waals surface area contributed by atoms with Gasteiger partial charge in [0.15, 0.2) is 11.5 Å². The van der Waals surface area contributed by atoms with Crippen LogP contribution in [0.3, 0.4) is 0 Å². The number of amides is 1. The average molecular weight is 407 g/mol. The third kappa shape index (κ3) is 3.80. The Bertz CT molecular complexity index is 1020. The van der Waals surface area contributed by atoms with E-state index in [1.165, 1.54) is 6.42 Å². The van der Waals surface area contributed by atoms with Crippen LogP contribution in [0, 0.1) is 0 Å². The lowest BCUT2D eigenvalue weighted by atomic mass is 10.1. The van der Waals surface area contributed by atoms with Crippen molar-refractivity contribution in [3.05, 3.63) is 42.2 Å². The number of anilines is 3. The number of morpholine rings is 1. The van der Waals surface area contributed by atoms with Crippen LogP contribution in [0.4, 0.5) is 17.5 Å². The lowest BCUT2D eigenvalue weighted by Gasteiger charge is -2.27. The molecule has 9 heteroatoms. The Morgan fingerprint density at radius 1 is 1.00 bits per heavy atom. The van der Waals surface area contributed by atoms with E-state index in [2.05, 4.69) is 20.3 Å². The fourth-order valence-corrected chi connectivity index (χ4v) is 3.91. The van der Waals surface area contributed by atoms with Crippen molar-refractivity contribution in [2.24, 2.45) is 0 Å². The number of hydrogen-bond donors (Lipinski definition) is 1. The molecule has 2 fully saturated rings. The zero-order valence-corrected chi connectivity index (χ0v) is 16.8. The van der Waals surface area contributed by atoms with Crippen molar-refractivity contribution in [2.45, 2.75) is 19.3 Å². The van der Waals surface area contributed by atoms with Crippen molar-refractivity contribution in [1.29, 1.82) is 0 Å². The van der Waals surface area contributed by atoms with Crippen LogP contribution >= 0.6 is 0 Å². The van der Waals surface area contributed by atoms with E-state index in [4.69, 9.17) is 9.72 Å². The predicted molar refractivity (Wildman–Crippen MR) is 113 cm³/mol. The number of fused-ring (bicyclic) bond motifs is 1. The molecule has 0 radical (unpaired) electrons. The van der Waals surface area contributed by atoms with Gasteiger partial charge in [0.1, 0.15) is 0 Å². The summed E-state index contributed by atoms with van der Waals surface area (Å²) in [7, 11) is 0. The number of carbonyl (C=O) groups is 1. The fraction of sp³-hybridized carbons (Fsp3) is 0.429. The quantitative estimate of drug-likeness (QED) is 0.710. The molecule has 3 aromatic rings. The summed E-state index contributed by atoms with van der Waals surface area (Å²) in [6.07, 6.45) is 7.13. The van der Waals surface area contributed by atoms with E-state index in [-0.39, 0.29) is 5.91 Å². The van der Waals surface area contributed by atoms with E-state index in [1.54, 1.807) is 10.7 Å². The Labute approximate surface area is 174 Å². The summed E-state index contributed by atoms with van der Waals surface area (Å²) in [5.74, 6) is 1.40. The Balaban J connectivity index is 1.37. The second kappa shape index (κ2) is 8.27. The van der Waals surface area contributed by atoms with Gasteiger partial charge < -0.3 is 19.9 Å². The lowest BCUT2D eigenvalue weighted by molar-refractivity contribution is 0.0303. The van der Waals surface area contributed by atoms with Gasteiger partial charge in [0.05, 0.1) is 13.2 Å². The van der Waals surface area contributed by atoms with Crippen molar-refractivity contribution in [3.63, 3.8) is 0 Å². The topological polar surface area (TPSA) is 87.9 Å². The molecule has 2 saturated heterocycles. The van der Waals surface area contributed by atoms with E-state index < -0.39 is 0 Å². The van der Waals surface area contributed by atoms with Gasteiger partial charge in [-0.05, 0) is 43.5 Å². The minimum Gasteiger partial charge on any atom is -0.378 e. The van der Waals surface area contributed by atoms with Gasteiger partial charge in [0.2, 0.25) is 5.95 Å². The highest BCUT2D eigenvalue weighted by atomic mass is 16.5. The zero-order valence-electron chi connectivity index (χ0n) is 16.8. The summed E-state index contributed by atoms with van der Waals surface area (Å²) >= 11 is 0. The van der Waals surface area contributed by atoms with Crippen LogP contribution < -0.4 is 10.2 Å². The lowest BCUT2D eigenvalue weighted by Crippen LogP contribution is -2.40. The van der Waals surface area contributed by atoms with Crippen LogP contribution in [0.15, 0.2) is 36.7 Å². The maximum atomic E-state index is 12.6. The number of nitrogens with one attached hydrogen (secondary N) is 1. The predicted octanol–water partition coefficient (Wildman–Crippen LogP) is 2.33. The largest absolute Gasteiger partial charge is 0.378 e. The van der Waals surface area contributed by atoms with Gasteiger partial charge in [0, 0.05) is 49.8 Å². The molecule has 0 unspecified atom stereocenters. The third-order valence-corrected chi connectivity index (χ3v) is 5.57. The van der Waals surface area contributed by atoms with Crippen molar-refractivity contribution in [2.75, 3.05) is 49.6 Å². The molecule has 5 rings (SSSR count). The van der Waals surface area contributed by atoms with Gasteiger partial charge in [-0.25, -0.2) is 9.50 Å². The molecule has 156 valence electrons. The maximum absolute atomic E-state index is 12.6. The average Bonchev–Trinajstić information content (AvgIpc) is 3.29. The Morgan fingerprint density at radius 2 is 1.77 bits per heavy atom. The van der Waals surface area contributed by atoms with Gasteiger partial charge in [0.25, 0.3) is 5.91 Å². The van der Waals surface area contributed by atoms with Gasteiger partial charge in [-0.1, -0.05) is 0 Å². The summed E-state index contributed by atoms with van der Waals surface area (Å²) in [6.45, 7) is 4.40. The molecule has 9 nitrogen and oxygen atoms in total. The first-order valence-electron chi connectivity index (χ1n) is 10.5. The van der Waals surface area contributed by atoms with Crippen molar-refractivity contribution in [1.82, 2.24) is 24.5 Å². The van der Waals surface area contributed by atoms with Crippen molar-refractivity contribution in [3.8, 4) is 0 Å². The van der Waals surface area contributed by atoms with E-state index >= 15 is 0 Å². The minimum atomic E-state index is 0.0370. The molecule has 1 N–H and O–H groups in total. The number of ether oxygens (including phenoxy) is 1. The summed E-state index contributed by atoms with van der Waals surface area (Å²) in [4.78, 5) is 25.8. The highest BCUT2D eigenvalue weighted by Gasteiger charge is 2.19. The summed E-state index contributed by atoms with van der Waals surface area (Å²) in [5, 5.41) is 7.97. The second-order valence-electron chi connectivity index (χ2n) is 7.61. The molecular formula is C21H25N7O2. The monoisotopic (exact) mass is 407 g/mol. The highest BCUT2D eigenvalue weighted by Crippen LogP contribution is 2.23. The summed E-state index contributed by atoms with van der Waals surface area (Å²) in [6, 6.07) is 7.48. The maximum Gasteiger partial charge on any atom is 0.254 e. The normalized spacial score (nSPS) is 17.3. The molecule has 1 aromatic carbocycles. The molecule has 2 aliphatic heterocycles. The molecule has 4 heterocycles. The van der Waals surface area contributed by atoms with Crippen LogP contribution in [0.2, 0.25) is 0 Å². The number of piperidine rings is 1. The van der Waals surface area contributed by atoms with E-state index in [0.717, 1.165) is 31.6 Å². The first kappa shape index (κ1) is 18.8. The molecule has 1 amide bonds. The smallest absolute Gasteiger partial charge is 0.254 e. The van der Waals surface area contributed by atoms with Crippen molar-refractivity contribution < 1.29 is 9.53 Å². The van der Waals surface area contributed by atoms with Crippen LogP contribution in [0.5, 0.6) is 0 Å². The minimum absolute atomic E-state index is 0.0370. The molecule has 0 aliphatic carbocycles. The van der Waals surface area contributed by atoms with Crippen LogP contribution in [0.25, 0.3) is 5.65 Å². The fourth-order valence-electron chi connectivity index (χ4n) is 3.91. The van der Waals surface area contributed by atoms with Crippen LogP contribution in [-0.2, 0) is 4.74 Å². The molecule has 2 aromatic heterocycles. The van der Waals surface area contributed by atoms with E-state index in [1.807, 2.05) is 35.4 Å². The number of hydrogen-bond acceptors (Lipinski definition) is 7. The Kier molecular flexibility index (Phi) is 5.18. The molecule has 2 aliphatic rings. The zero-order chi connectivity index (χ0) is 20.3. The number of carbonyl (C=O) groups excluding carboxylic acids is 1. The molecular weight excluding hydrogens is 382 g/mol. The third-order valence-electron chi connectivity index (χ3n) is 5.57. The number of aromatic nitrogens is 4. The first-order valence-corrected chi connectivity index (χ1v) is 10.5. The summed E-state index contributed by atoms with van der Waals surface area (Å²) < 4.78 is 7.09. The second-order valence-corrected chi connectivity index (χ2v) is 7.61. The van der Waals surface area contributed by atoms with Gasteiger partial charge in [-0.2, -0.15) is 4.98 Å². The summed E-state index contributed by atoms with van der Waals surface area (Å²) in [5.41, 5.74) is 2.19. The van der Waals surface area contributed by atoms with E-state index in [9.17, 15) is 4.79 Å². The number of nitrogens with zero attached hydrogens (tertiary/aromatic N) is 6. The van der Waals surface area contributed by atoms with E-state index in [0.29, 0.717) is 49.3 Å². The highest BCUT2D eigenvalue weighted by molar-refractivity contribution is 5.94. The van der Waals surface area contributed by atoms with Crippen molar-refractivity contribution >= 4 is 29.0 Å². The molecule has 30 heavy (non-hydrogen) atoms.